The fourth-order valence-corrected chi connectivity index (χ4v) is 2.43. The summed E-state index contributed by atoms with van der Waals surface area (Å²) in [6.45, 7) is 1.38. The molecule has 1 amide bonds. The summed E-state index contributed by atoms with van der Waals surface area (Å²) in [5.41, 5.74) is -1.18. The standard InChI is InChI=1S/C18H13F3N4O2/c1-11(26)12-5-7-13(8-6-12)24-17(27)14-10-23-25(16(14)18(19,20)21)15-4-2-3-9-22-15/h2-10H,1H3,(H,24,27). The van der Waals surface area contributed by atoms with Crippen molar-refractivity contribution in [2.24, 2.45) is 0 Å². The largest absolute Gasteiger partial charge is 0.434 e. The molecular formula is C18H13F3N4O2. The number of pyridine rings is 1. The van der Waals surface area contributed by atoms with Crippen LogP contribution in [-0.4, -0.2) is 26.5 Å². The van der Waals surface area contributed by atoms with Gasteiger partial charge in [-0.05, 0) is 43.3 Å². The van der Waals surface area contributed by atoms with Gasteiger partial charge >= 0.3 is 6.18 Å². The number of carbonyl (C=O) groups is 2. The van der Waals surface area contributed by atoms with Crippen molar-refractivity contribution in [3.05, 3.63) is 71.7 Å². The zero-order chi connectivity index (χ0) is 19.6. The molecule has 0 aliphatic carbocycles. The number of nitrogens with zero attached hydrogens (tertiary/aromatic N) is 3. The Morgan fingerprint density at radius 1 is 1.07 bits per heavy atom. The lowest BCUT2D eigenvalue weighted by molar-refractivity contribution is -0.143. The Kier molecular flexibility index (Phi) is 4.76. The number of alkyl halides is 3. The number of benzene rings is 1. The summed E-state index contributed by atoms with van der Waals surface area (Å²) in [6.07, 6.45) is -2.65. The molecule has 1 aromatic carbocycles. The first kappa shape index (κ1) is 18.3. The number of hydrogen-bond donors (Lipinski definition) is 1. The van der Waals surface area contributed by atoms with Crippen molar-refractivity contribution in [3.8, 4) is 5.82 Å². The second kappa shape index (κ2) is 7.02. The fourth-order valence-electron chi connectivity index (χ4n) is 2.43. The number of halogens is 3. The first-order chi connectivity index (χ1) is 12.8. The molecule has 0 radical (unpaired) electrons. The van der Waals surface area contributed by atoms with E-state index in [0.29, 0.717) is 10.2 Å². The van der Waals surface area contributed by atoms with Crippen molar-refractivity contribution in [3.63, 3.8) is 0 Å². The van der Waals surface area contributed by atoms with E-state index >= 15 is 0 Å². The third kappa shape index (κ3) is 3.86. The van der Waals surface area contributed by atoms with E-state index in [-0.39, 0.29) is 17.3 Å². The van der Waals surface area contributed by atoms with Crippen molar-refractivity contribution in [2.75, 3.05) is 5.32 Å². The molecule has 0 aliphatic heterocycles. The summed E-state index contributed by atoms with van der Waals surface area (Å²) in [5.74, 6) is -1.20. The Morgan fingerprint density at radius 2 is 1.78 bits per heavy atom. The number of anilines is 1. The van der Waals surface area contributed by atoms with Gasteiger partial charge in [0.15, 0.2) is 17.3 Å². The van der Waals surface area contributed by atoms with Crippen LogP contribution in [0.1, 0.15) is 33.3 Å². The lowest BCUT2D eigenvalue weighted by Crippen LogP contribution is -2.21. The molecule has 138 valence electrons. The summed E-state index contributed by atoms with van der Waals surface area (Å²) >= 11 is 0. The minimum Gasteiger partial charge on any atom is -0.322 e. The van der Waals surface area contributed by atoms with Crippen LogP contribution in [0.15, 0.2) is 54.9 Å². The first-order valence-electron chi connectivity index (χ1n) is 7.76. The van der Waals surface area contributed by atoms with Gasteiger partial charge in [-0.1, -0.05) is 6.07 Å². The van der Waals surface area contributed by atoms with E-state index in [1.54, 1.807) is 6.07 Å². The molecule has 6 nitrogen and oxygen atoms in total. The van der Waals surface area contributed by atoms with Crippen molar-refractivity contribution >= 4 is 17.4 Å². The molecule has 2 heterocycles. The van der Waals surface area contributed by atoms with Crippen LogP contribution in [0.4, 0.5) is 18.9 Å². The van der Waals surface area contributed by atoms with Crippen molar-refractivity contribution < 1.29 is 22.8 Å². The number of hydrogen-bond acceptors (Lipinski definition) is 4. The summed E-state index contributed by atoms with van der Waals surface area (Å²) < 4.78 is 41.3. The van der Waals surface area contributed by atoms with Gasteiger partial charge in [0.2, 0.25) is 0 Å². The van der Waals surface area contributed by atoms with Gasteiger partial charge in [0.05, 0.1) is 11.8 Å². The maximum absolute atomic E-state index is 13.6. The van der Waals surface area contributed by atoms with E-state index in [2.05, 4.69) is 15.4 Å². The van der Waals surface area contributed by atoms with E-state index < -0.39 is 23.3 Å². The number of Topliss-reactive ketones (excluding diaryl/α,β-unsaturated/α-hetero) is 1. The second-order valence-electron chi connectivity index (χ2n) is 5.59. The molecule has 3 rings (SSSR count). The Labute approximate surface area is 151 Å². The molecule has 0 bridgehead atoms. The van der Waals surface area contributed by atoms with E-state index in [0.717, 1.165) is 6.20 Å². The van der Waals surface area contributed by atoms with Crippen LogP contribution in [0.5, 0.6) is 0 Å². The number of rotatable bonds is 4. The summed E-state index contributed by atoms with van der Waals surface area (Å²) in [6, 6.07) is 10.2. The topological polar surface area (TPSA) is 76.9 Å². The second-order valence-corrected chi connectivity index (χ2v) is 5.59. The number of ketones is 1. The van der Waals surface area contributed by atoms with Gasteiger partial charge in [-0.3, -0.25) is 9.59 Å². The van der Waals surface area contributed by atoms with Crippen molar-refractivity contribution in [2.45, 2.75) is 13.1 Å². The Morgan fingerprint density at radius 3 is 2.33 bits per heavy atom. The molecule has 0 atom stereocenters. The smallest absolute Gasteiger partial charge is 0.322 e. The Balaban J connectivity index is 1.95. The van der Waals surface area contributed by atoms with Gasteiger partial charge in [-0.2, -0.15) is 18.3 Å². The van der Waals surface area contributed by atoms with Crippen LogP contribution < -0.4 is 5.32 Å². The van der Waals surface area contributed by atoms with E-state index in [9.17, 15) is 22.8 Å². The summed E-state index contributed by atoms with van der Waals surface area (Å²) in [4.78, 5) is 27.5. The zero-order valence-electron chi connectivity index (χ0n) is 14.0. The monoisotopic (exact) mass is 374 g/mol. The normalized spacial score (nSPS) is 11.3. The molecule has 2 aromatic heterocycles. The van der Waals surface area contributed by atoms with E-state index in [4.69, 9.17) is 0 Å². The van der Waals surface area contributed by atoms with E-state index in [1.807, 2.05) is 0 Å². The highest BCUT2D eigenvalue weighted by atomic mass is 19.4. The fraction of sp³-hybridized carbons (Fsp3) is 0.111. The maximum atomic E-state index is 13.6. The molecule has 0 saturated heterocycles. The molecule has 27 heavy (non-hydrogen) atoms. The molecular weight excluding hydrogens is 361 g/mol. The number of amides is 1. The molecule has 9 heteroatoms. The highest BCUT2D eigenvalue weighted by molar-refractivity contribution is 6.05. The molecule has 0 saturated carbocycles. The van der Waals surface area contributed by atoms with Gasteiger partial charge in [-0.15, -0.1) is 0 Å². The molecule has 0 aliphatic rings. The number of carbonyl (C=O) groups excluding carboxylic acids is 2. The quantitative estimate of drug-likeness (QED) is 0.706. The average molecular weight is 374 g/mol. The number of aromatic nitrogens is 3. The summed E-state index contributed by atoms with van der Waals surface area (Å²) in [7, 11) is 0. The predicted octanol–water partition coefficient (Wildman–Crippen LogP) is 3.74. The zero-order valence-corrected chi connectivity index (χ0v) is 14.0. The van der Waals surface area contributed by atoms with Gasteiger partial charge in [-0.25, -0.2) is 9.67 Å². The third-order valence-electron chi connectivity index (χ3n) is 3.70. The van der Waals surface area contributed by atoms with Gasteiger partial charge in [0, 0.05) is 17.4 Å². The van der Waals surface area contributed by atoms with Gasteiger partial charge < -0.3 is 5.32 Å². The third-order valence-corrected chi connectivity index (χ3v) is 3.70. The van der Waals surface area contributed by atoms with Crippen molar-refractivity contribution in [1.29, 1.82) is 0 Å². The van der Waals surface area contributed by atoms with Crippen LogP contribution in [-0.2, 0) is 6.18 Å². The number of nitrogens with one attached hydrogen (secondary N) is 1. The van der Waals surface area contributed by atoms with Crippen LogP contribution >= 0.6 is 0 Å². The minimum atomic E-state index is -4.82. The van der Waals surface area contributed by atoms with Crippen molar-refractivity contribution in [1.82, 2.24) is 14.8 Å². The van der Waals surface area contributed by atoms with Gasteiger partial charge in [0.25, 0.3) is 5.91 Å². The Hall–Kier alpha value is -3.49. The SMILES string of the molecule is CC(=O)c1ccc(NC(=O)c2cnn(-c3ccccn3)c2C(F)(F)F)cc1. The van der Waals surface area contributed by atoms with Crippen LogP contribution in [0.25, 0.3) is 5.82 Å². The van der Waals surface area contributed by atoms with Crippen LogP contribution in [0, 0.1) is 0 Å². The lowest BCUT2D eigenvalue weighted by Gasteiger charge is -2.12. The highest BCUT2D eigenvalue weighted by Crippen LogP contribution is 2.33. The maximum Gasteiger partial charge on any atom is 0.434 e. The predicted molar refractivity (Wildman–Crippen MR) is 90.8 cm³/mol. The molecule has 0 spiro atoms. The average Bonchev–Trinajstić information content (AvgIpc) is 3.08. The molecule has 3 aromatic rings. The molecule has 1 N–H and O–H groups in total. The van der Waals surface area contributed by atoms with Crippen LogP contribution in [0.3, 0.4) is 0 Å². The molecule has 0 fully saturated rings. The molecule has 0 unspecified atom stereocenters. The summed E-state index contributed by atoms with van der Waals surface area (Å²) in [5, 5.41) is 6.06. The first-order valence-corrected chi connectivity index (χ1v) is 7.76. The Bertz CT molecular complexity index is 980. The highest BCUT2D eigenvalue weighted by Gasteiger charge is 2.40. The van der Waals surface area contributed by atoms with Gasteiger partial charge in [0.1, 0.15) is 0 Å². The van der Waals surface area contributed by atoms with Crippen LogP contribution in [0.2, 0.25) is 0 Å². The lowest BCUT2D eigenvalue weighted by atomic mass is 10.1. The minimum absolute atomic E-state index is 0.0605. The van der Waals surface area contributed by atoms with E-state index in [1.165, 1.54) is 49.5 Å².